The van der Waals surface area contributed by atoms with Crippen LogP contribution in [0, 0.1) is 34.9 Å². The smallest absolute Gasteiger partial charge is 0.328 e. The molecule has 3 aliphatic carbocycles. The van der Waals surface area contributed by atoms with E-state index in [9.17, 15) is 18.8 Å². The number of likely N-dealkylation sites (tertiary alicyclic amines) is 1. The number of hydrogen-bond donors (Lipinski definition) is 3. The zero-order valence-electron chi connectivity index (χ0n) is 29.2. The number of carbonyl (C=O) groups is 1. The second-order valence-corrected chi connectivity index (χ2v) is 15.5. The van der Waals surface area contributed by atoms with E-state index < -0.39 is 5.69 Å². The molecule has 3 heterocycles. The third-order valence-electron chi connectivity index (χ3n) is 12.2. The Kier molecular flexibility index (Phi) is 10.4. The number of anilines is 1. The van der Waals surface area contributed by atoms with Crippen LogP contribution in [0.4, 0.5) is 10.1 Å². The Morgan fingerprint density at radius 2 is 1.76 bits per heavy atom. The molecule has 5 aliphatic rings. The number of ketones is 1. The van der Waals surface area contributed by atoms with Crippen molar-refractivity contribution >= 4 is 28.3 Å². The molecule has 3 N–H and O–H groups in total. The summed E-state index contributed by atoms with van der Waals surface area (Å²) in [7, 11) is 0. The number of halogens is 1. The average Bonchev–Trinajstić information content (AvgIpc) is 3.08. The molecule has 0 unspecified atom stereocenters. The monoisotopic (exact) mass is 687 g/mol. The number of piperazine rings is 1. The molecule has 2 bridgehead atoms. The number of nitrogens with one attached hydrogen (secondary N) is 3. The fourth-order valence-corrected chi connectivity index (χ4v) is 8.94. The molecular formula is C39H54FN7O3. The van der Waals surface area contributed by atoms with Gasteiger partial charge in [-0.2, -0.15) is 0 Å². The summed E-state index contributed by atoms with van der Waals surface area (Å²) in [6.45, 7) is 14.1. The summed E-state index contributed by atoms with van der Waals surface area (Å²) in [5.41, 5.74) is 1.47. The SMILES string of the molecule is C.C[C@@H]1[C@@H](N=C(Nc2ccc3c(=O)n(CCN4CCC(C(=O)c5ccc(F)cc5)CC4)c(=O)[nH]c3c2)N2CCN[C@@H](C)C2)C[C@H]2C[C@@H]1C2(C)C. The molecular weight excluding hydrogens is 633 g/mol. The number of guanidine groups is 1. The van der Waals surface area contributed by atoms with Crippen molar-refractivity contribution in [3.05, 3.63) is 74.7 Å². The Labute approximate surface area is 294 Å². The molecule has 0 amide bonds. The number of carbonyl (C=O) groups excluding carboxylic acids is 1. The van der Waals surface area contributed by atoms with Gasteiger partial charge < -0.3 is 25.4 Å². The number of hydrogen-bond acceptors (Lipinski definition) is 6. The van der Waals surface area contributed by atoms with Gasteiger partial charge in [0, 0.05) is 55.9 Å². The summed E-state index contributed by atoms with van der Waals surface area (Å²) in [5.74, 6) is 2.36. The maximum atomic E-state index is 13.5. The number of rotatable bonds is 7. The van der Waals surface area contributed by atoms with Crippen molar-refractivity contribution in [2.45, 2.75) is 79.4 Å². The summed E-state index contributed by atoms with van der Waals surface area (Å²) in [6.07, 6.45) is 3.79. The standard InChI is InChI=1S/C38H50FN7O3.CH4/c1-23-22-45(16-13-40-23)36(42-32-20-27-19-31(24(32)2)38(27,3)4)41-29-9-10-30-33(21-29)43-37(49)46(35(30)48)18-17-44-14-11-26(12-15-44)34(47)25-5-7-28(39)8-6-25;/h5-10,21,23-24,26-27,31-32,40H,11-20,22H2,1-4H3,(H,41,42)(H,43,49);1H4/t23-,24-,27+,31-,32-;/m0./s1. The molecule has 270 valence electrons. The normalized spacial score (nSPS) is 27.0. The van der Waals surface area contributed by atoms with Crippen LogP contribution < -0.4 is 21.9 Å². The highest BCUT2D eigenvalue weighted by atomic mass is 19.1. The molecule has 8 rings (SSSR count). The van der Waals surface area contributed by atoms with Gasteiger partial charge in [-0.25, -0.2) is 14.2 Å². The van der Waals surface area contributed by atoms with Crippen molar-refractivity contribution in [1.29, 1.82) is 0 Å². The molecule has 5 atom stereocenters. The van der Waals surface area contributed by atoms with Crippen LogP contribution in [0.15, 0.2) is 57.0 Å². The minimum Gasteiger partial charge on any atom is -0.340 e. The fourth-order valence-electron chi connectivity index (χ4n) is 8.94. The van der Waals surface area contributed by atoms with Gasteiger partial charge in [0.2, 0.25) is 0 Å². The van der Waals surface area contributed by atoms with Gasteiger partial charge in [0.15, 0.2) is 11.7 Å². The third kappa shape index (κ3) is 7.04. The summed E-state index contributed by atoms with van der Waals surface area (Å²) >= 11 is 0. The van der Waals surface area contributed by atoms with E-state index in [2.05, 4.69) is 53.1 Å². The van der Waals surface area contributed by atoms with Crippen molar-refractivity contribution < 1.29 is 9.18 Å². The fraction of sp³-hybridized carbons (Fsp3) is 0.590. The van der Waals surface area contributed by atoms with Crippen molar-refractivity contribution in [3.63, 3.8) is 0 Å². The van der Waals surface area contributed by atoms with Gasteiger partial charge in [0.25, 0.3) is 5.56 Å². The summed E-state index contributed by atoms with van der Waals surface area (Å²) < 4.78 is 14.6. The first-order chi connectivity index (χ1) is 23.5. The Morgan fingerprint density at radius 3 is 2.44 bits per heavy atom. The topological polar surface area (TPSA) is 115 Å². The molecule has 11 heteroatoms. The molecule has 3 aromatic rings. The van der Waals surface area contributed by atoms with Gasteiger partial charge in [0.05, 0.1) is 16.9 Å². The van der Waals surface area contributed by atoms with E-state index in [1.165, 1.54) is 23.1 Å². The molecule has 2 aromatic carbocycles. The van der Waals surface area contributed by atoms with E-state index in [1.54, 1.807) is 18.2 Å². The van der Waals surface area contributed by atoms with Gasteiger partial charge >= 0.3 is 5.69 Å². The zero-order valence-corrected chi connectivity index (χ0v) is 29.2. The van der Waals surface area contributed by atoms with E-state index >= 15 is 0 Å². The summed E-state index contributed by atoms with van der Waals surface area (Å²) in [4.78, 5) is 52.5. The lowest BCUT2D eigenvalue weighted by Crippen LogP contribution is -2.57. The number of aliphatic imine (C=N–C) groups is 1. The number of fused-ring (bicyclic) bond motifs is 3. The zero-order chi connectivity index (χ0) is 34.4. The maximum Gasteiger partial charge on any atom is 0.328 e. The van der Waals surface area contributed by atoms with E-state index in [0.717, 1.165) is 37.7 Å². The second kappa shape index (κ2) is 14.4. The Morgan fingerprint density at radius 1 is 1.02 bits per heavy atom. The minimum absolute atomic E-state index is 0. The van der Waals surface area contributed by atoms with E-state index in [4.69, 9.17) is 4.99 Å². The van der Waals surface area contributed by atoms with Gasteiger partial charge in [-0.05, 0) is 111 Å². The van der Waals surface area contributed by atoms with Crippen LogP contribution in [0.5, 0.6) is 0 Å². The molecule has 3 saturated carbocycles. The summed E-state index contributed by atoms with van der Waals surface area (Å²) in [5, 5.41) is 7.59. The van der Waals surface area contributed by atoms with Crippen molar-refractivity contribution in [2.75, 3.05) is 44.6 Å². The largest absolute Gasteiger partial charge is 0.340 e. The van der Waals surface area contributed by atoms with Crippen LogP contribution in [-0.2, 0) is 6.54 Å². The minimum atomic E-state index is -0.432. The molecule has 2 saturated heterocycles. The first-order valence-corrected chi connectivity index (χ1v) is 18.1. The molecule has 0 radical (unpaired) electrons. The highest BCUT2D eigenvalue weighted by Gasteiger charge is 2.56. The number of Topliss-reactive ketones (excluding diaryl/α,β-unsaturated/α-hetero) is 1. The van der Waals surface area contributed by atoms with E-state index in [-0.39, 0.29) is 43.1 Å². The van der Waals surface area contributed by atoms with Crippen LogP contribution in [0.1, 0.15) is 71.2 Å². The molecule has 10 nitrogen and oxygen atoms in total. The molecule has 50 heavy (non-hydrogen) atoms. The molecule has 1 aromatic heterocycles. The quantitative estimate of drug-likeness (QED) is 0.178. The van der Waals surface area contributed by atoms with Gasteiger partial charge in [-0.3, -0.25) is 14.2 Å². The Hall–Kier alpha value is -3.83. The molecule has 2 aliphatic heterocycles. The lowest BCUT2D eigenvalue weighted by Gasteiger charge is -2.61. The number of nitrogens with zero attached hydrogens (tertiary/aromatic N) is 4. The van der Waals surface area contributed by atoms with Gasteiger partial charge in [-0.15, -0.1) is 0 Å². The van der Waals surface area contributed by atoms with Crippen molar-refractivity contribution in [2.24, 2.45) is 34.1 Å². The maximum absolute atomic E-state index is 13.5. The first kappa shape index (κ1) is 36.0. The highest BCUT2D eigenvalue weighted by molar-refractivity contribution is 5.98. The average molecular weight is 688 g/mol. The Balaban J connectivity index is 0.00000432. The van der Waals surface area contributed by atoms with E-state index in [1.807, 2.05) is 12.1 Å². The number of aromatic amines is 1. The third-order valence-corrected chi connectivity index (χ3v) is 12.2. The molecule has 0 spiro atoms. The van der Waals surface area contributed by atoms with Gasteiger partial charge in [-0.1, -0.05) is 28.2 Å². The number of piperidine rings is 1. The lowest BCUT2D eigenvalue weighted by atomic mass is 9.45. The van der Waals surface area contributed by atoms with Crippen LogP contribution >= 0.6 is 0 Å². The Bertz CT molecular complexity index is 1840. The van der Waals surface area contributed by atoms with Crippen LogP contribution in [-0.4, -0.2) is 82.4 Å². The number of aromatic nitrogens is 2. The van der Waals surface area contributed by atoms with Crippen LogP contribution in [0.3, 0.4) is 0 Å². The first-order valence-electron chi connectivity index (χ1n) is 18.1. The van der Waals surface area contributed by atoms with E-state index in [0.29, 0.717) is 78.2 Å². The summed E-state index contributed by atoms with van der Waals surface area (Å²) in [6, 6.07) is 11.9. The highest BCUT2D eigenvalue weighted by Crippen LogP contribution is 2.61. The molecule has 5 fully saturated rings. The number of benzene rings is 2. The van der Waals surface area contributed by atoms with Gasteiger partial charge in [0.1, 0.15) is 5.82 Å². The van der Waals surface area contributed by atoms with Crippen LogP contribution in [0.2, 0.25) is 0 Å². The van der Waals surface area contributed by atoms with Crippen molar-refractivity contribution in [3.8, 4) is 0 Å². The number of H-pyrrole nitrogens is 1. The lowest BCUT2D eigenvalue weighted by molar-refractivity contribution is -0.108. The predicted molar refractivity (Wildman–Crippen MR) is 198 cm³/mol. The second-order valence-electron chi connectivity index (χ2n) is 15.5. The predicted octanol–water partition coefficient (Wildman–Crippen LogP) is 5.19. The van der Waals surface area contributed by atoms with Crippen molar-refractivity contribution in [1.82, 2.24) is 24.7 Å². The van der Waals surface area contributed by atoms with Crippen LogP contribution in [0.25, 0.3) is 10.9 Å².